The highest BCUT2D eigenvalue weighted by atomic mass is 16.2. The summed E-state index contributed by atoms with van der Waals surface area (Å²) in [6, 6.07) is 15.3. The van der Waals surface area contributed by atoms with Crippen LogP contribution in [-0.4, -0.2) is 30.7 Å². The van der Waals surface area contributed by atoms with Gasteiger partial charge in [-0.3, -0.25) is 4.79 Å². The summed E-state index contributed by atoms with van der Waals surface area (Å²) in [5.74, 6) is 0.0580. The molecule has 4 aromatic rings. The number of amides is 1. The molecule has 0 saturated carbocycles. The van der Waals surface area contributed by atoms with Gasteiger partial charge >= 0.3 is 0 Å². The zero-order valence-electron chi connectivity index (χ0n) is 15.3. The van der Waals surface area contributed by atoms with Crippen molar-refractivity contribution in [2.24, 2.45) is 0 Å². The van der Waals surface area contributed by atoms with Gasteiger partial charge in [-0.15, -0.1) is 5.10 Å². The second kappa shape index (κ2) is 6.60. The van der Waals surface area contributed by atoms with Gasteiger partial charge in [0.1, 0.15) is 0 Å². The van der Waals surface area contributed by atoms with E-state index in [4.69, 9.17) is 0 Å². The predicted molar refractivity (Wildman–Crippen MR) is 103 cm³/mol. The van der Waals surface area contributed by atoms with Crippen molar-refractivity contribution >= 4 is 17.4 Å². The lowest BCUT2D eigenvalue weighted by Crippen LogP contribution is -2.17. The first kappa shape index (κ1) is 16.8. The molecule has 0 saturated heterocycles. The molecule has 1 N–H and O–H groups in total. The van der Waals surface area contributed by atoms with Gasteiger partial charge in [0, 0.05) is 5.56 Å². The van der Waals surface area contributed by atoms with Gasteiger partial charge in [-0.05, 0) is 50.6 Å². The third kappa shape index (κ3) is 3.15. The van der Waals surface area contributed by atoms with Crippen molar-refractivity contribution in [3.8, 4) is 11.3 Å². The molecule has 0 fully saturated rings. The summed E-state index contributed by atoms with van der Waals surface area (Å²) in [4.78, 5) is 17.3. The van der Waals surface area contributed by atoms with Crippen LogP contribution in [0.25, 0.3) is 16.9 Å². The highest BCUT2D eigenvalue weighted by Gasteiger charge is 2.19. The zero-order valence-corrected chi connectivity index (χ0v) is 15.3. The van der Waals surface area contributed by atoms with Crippen LogP contribution in [0.4, 0.5) is 5.82 Å². The van der Waals surface area contributed by atoms with E-state index in [-0.39, 0.29) is 5.91 Å². The zero-order chi connectivity index (χ0) is 19.0. The number of fused-ring (bicyclic) bond motifs is 1. The van der Waals surface area contributed by atoms with Crippen molar-refractivity contribution in [1.82, 2.24) is 24.8 Å². The van der Waals surface area contributed by atoms with Crippen LogP contribution in [0.5, 0.6) is 0 Å². The summed E-state index contributed by atoms with van der Waals surface area (Å²) in [6.45, 7) is 5.66. The van der Waals surface area contributed by atoms with E-state index in [1.807, 2.05) is 50.2 Å². The quantitative estimate of drug-likeness (QED) is 0.607. The molecule has 0 atom stereocenters. The topological polar surface area (TPSA) is 85.1 Å². The molecule has 7 heteroatoms. The normalized spacial score (nSPS) is 10.9. The number of nitrogens with one attached hydrogen (secondary N) is 1. The fourth-order valence-electron chi connectivity index (χ4n) is 2.95. The maximum absolute atomic E-state index is 12.8. The number of hydrogen-bond donors (Lipinski definition) is 1. The van der Waals surface area contributed by atoms with Gasteiger partial charge in [-0.2, -0.15) is 10.2 Å². The molecule has 0 aliphatic rings. The third-order valence-corrected chi connectivity index (χ3v) is 4.33. The summed E-state index contributed by atoms with van der Waals surface area (Å²) < 4.78 is 1.58. The number of hydrogen-bond acceptors (Lipinski definition) is 5. The van der Waals surface area contributed by atoms with Gasteiger partial charge in [0.2, 0.25) is 0 Å². The summed E-state index contributed by atoms with van der Waals surface area (Å²) in [5.41, 5.74) is 5.28. The number of carbonyl (C=O) groups excluding carboxylic acids is 1. The molecule has 0 unspecified atom stereocenters. The lowest BCUT2D eigenvalue weighted by molar-refractivity contribution is 0.101. The van der Waals surface area contributed by atoms with Crippen LogP contribution < -0.4 is 5.32 Å². The van der Waals surface area contributed by atoms with Gasteiger partial charge in [0.15, 0.2) is 17.2 Å². The number of carbonyl (C=O) groups is 1. The molecule has 3 aromatic heterocycles. The highest BCUT2D eigenvalue weighted by Crippen LogP contribution is 2.22. The van der Waals surface area contributed by atoms with Gasteiger partial charge in [0.25, 0.3) is 5.91 Å². The molecule has 7 nitrogen and oxygen atoms in total. The summed E-state index contributed by atoms with van der Waals surface area (Å²) in [7, 11) is 0. The average Bonchev–Trinajstić information content (AvgIpc) is 2.99. The molecular formula is C20H18N6O. The Morgan fingerprint density at radius 2 is 1.78 bits per heavy atom. The van der Waals surface area contributed by atoms with Crippen molar-refractivity contribution < 1.29 is 4.79 Å². The van der Waals surface area contributed by atoms with Crippen molar-refractivity contribution in [3.63, 3.8) is 0 Å². The van der Waals surface area contributed by atoms with E-state index < -0.39 is 0 Å². The SMILES string of the molecule is Cc1ccc(NC(=O)c2c(C)nc3ccc(-c4ccccc4C)nn23)nn1. The molecule has 3 heterocycles. The molecule has 0 bridgehead atoms. The van der Waals surface area contributed by atoms with Crippen LogP contribution in [-0.2, 0) is 0 Å². The Balaban J connectivity index is 1.77. The van der Waals surface area contributed by atoms with E-state index >= 15 is 0 Å². The number of benzene rings is 1. The van der Waals surface area contributed by atoms with Crippen LogP contribution in [0.3, 0.4) is 0 Å². The molecule has 1 aromatic carbocycles. The Hall–Kier alpha value is -3.61. The molecule has 0 spiro atoms. The van der Waals surface area contributed by atoms with E-state index in [2.05, 4.69) is 25.6 Å². The molecule has 0 aliphatic heterocycles. The molecule has 0 radical (unpaired) electrons. The van der Waals surface area contributed by atoms with Crippen molar-refractivity contribution in [3.05, 3.63) is 71.2 Å². The van der Waals surface area contributed by atoms with Gasteiger partial charge in [-0.25, -0.2) is 9.50 Å². The minimum atomic E-state index is -0.326. The highest BCUT2D eigenvalue weighted by molar-refractivity contribution is 6.03. The minimum absolute atomic E-state index is 0.326. The second-order valence-electron chi connectivity index (χ2n) is 6.36. The smallest absolute Gasteiger partial charge is 0.277 e. The Morgan fingerprint density at radius 1 is 0.963 bits per heavy atom. The number of imidazole rings is 1. The van der Waals surface area contributed by atoms with Crippen LogP contribution in [0, 0.1) is 20.8 Å². The standard InChI is InChI=1S/C20H18N6O/c1-12-6-4-5-7-15(12)16-9-11-18-21-14(3)19(26(18)25-16)20(27)22-17-10-8-13(2)23-24-17/h4-11H,1-3H3,(H,22,24,27). The van der Waals surface area contributed by atoms with Crippen LogP contribution >= 0.6 is 0 Å². The maximum Gasteiger partial charge on any atom is 0.277 e. The summed E-state index contributed by atoms with van der Waals surface area (Å²) >= 11 is 0. The number of anilines is 1. The summed E-state index contributed by atoms with van der Waals surface area (Å²) in [5, 5.41) is 15.4. The van der Waals surface area contributed by atoms with E-state index in [1.54, 1.807) is 23.6 Å². The van der Waals surface area contributed by atoms with E-state index in [1.165, 1.54) is 0 Å². The van der Waals surface area contributed by atoms with Crippen molar-refractivity contribution in [2.75, 3.05) is 5.32 Å². The molecule has 1 amide bonds. The van der Waals surface area contributed by atoms with Crippen molar-refractivity contribution in [2.45, 2.75) is 20.8 Å². The lowest BCUT2D eigenvalue weighted by Gasteiger charge is -2.07. The monoisotopic (exact) mass is 358 g/mol. The minimum Gasteiger partial charge on any atom is -0.304 e. The van der Waals surface area contributed by atoms with Gasteiger partial charge < -0.3 is 5.32 Å². The van der Waals surface area contributed by atoms with Crippen LogP contribution in [0.1, 0.15) is 27.4 Å². The van der Waals surface area contributed by atoms with Crippen LogP contribution in [0.2, 0.25) is 0 Å². The fourth-order valence-corrected chi connectivity index (χ4v) is 2.95. The number of nitrogens with zero attached hydrogens (tertiary/aromatic N) is 5. The average molecular weight is 358 g/mol. The Labute approximate surface area is 156 Å². The fraction of sp³-hybridized carbons (Fsp3) is 0.150. The molecular weight excluding hydrogens is 340 g/mol. The Kier molecular flexibility index (Phi) is 4.12. The predicted octanol–water partition coefficient (Wildman–Crippen LogP) is 3.36. The first-order valence-corrected chi connectivity index (χ1v) is 8.57. The first-order valence-electron chi connectivity index (χ1n) is 8.57. The van der Waals surface area contributed by atoms with E-state index in [9.17, 15) is 4.79 Å². The molecule has 0 aliphatic carbocycles. The Bertz CT molecular complexity index is 1150. The molecule has 4 rings (SSSR count). The van der Waals surface area contributed by atoms with Gasteiger partial charge in [-0.1, -0.05) is 24.3 Å². The maximum atomic E-state index is 12.8. The number of aromatic nitrogens is 5. The lowest BCUT2D eigenvalue weighted by atomic mass is 10.1. The van der Waals surface area contributed by atoms with E-state index in [0.717, 1.165) is 22.5 Å². The number of aryl methyl sites for hydroxylation is 3. The third-order valence-electron chi connectivity index (χ3n) is 4.33. The van der Waals surface area contributed by atoms with Gasteiger partial charge in [0.05, 0.1) is 17.1 Å². The number of rotatable bonds is 3. The van der Waals surface area contributed by atoms with Crippen LogP contribution in [0.15, 0.2) is 48.5 Å². The largest absolute Gasteiger partial charge is 0.304 e. The van der Waals surface area contributed by atoms with E-state index in [0.29, 0.717) is 22.9 Å². The second-order valence-corrected chi connectivity index (χ2v) is 6.36. The van der Waals surface area contributed by atoms with Crippen molar-refractivity contribution in [1.29, 1.82) is 0 Å². The first-order chi connectivity index (χ1) is 13.0. The Morgan fingerprint density at radius 3 is 2.52 bits per heavy atom. The summed E-state index contributed by atoms with van der Waals surface area (Å²) in [6.07, 6.45) is 0. The molecule has 134 valence electrons. The molecule has 27 heavy (non-hydrogen) atoms.